The van der Waals surface area contributed by atoms with Crippen molar-refractivity contribution in [2.24, 2.45) is 0 Å². The number of anilines is 2. The van der Waals surface area contributed by atoms with Gasteiger partial charge in [-0.25, -0.2) is 9.69 Å². The van der Waals surface area contributed by atoms with Gasteiger partial charge in [-0.05, 0) is 38.8 Å². The van der Waals surface area contributed by atoms with Crippen LogP contribution in [0.15, 0.2) is 23.0 Å². The standard InChI is InChI=1S/C21H21ClN6O4/c1-10(23-19-24-11(2)25-20(27-19)28-5-6-31-21(28)30)14-7-12-8-15(22)17(32-13-3-4-13)9-16(12)26-18(14)29/h7-10,13H,3-6H2,1-2H3,(H,26,29)(H,23,24,25,27)/t10-/m0/s1. The molecule has 1 aromatic carbocycles. The molecule has 1 saturated heterocycles. The van der Waals surface area contributed by atoms with E-state index in [1.807, 2.05) is 6.92 Å². The molecule has 10 nitrogen and oxygen atoms in total. The van der Waals surface area contributed by atoms with Crippen molar-refractivity contribution < 1.29 is 14.3 Å². The van der Waals surface area contributed by atoms with Crippen LogP contribution < -0.4 is 20.5 Å². The summed E-state index contributed by atoms with van der Waals surface area (Å²) in [6.45, 7) is 4.18. The van der Waals surface area contributed by atoms with Crippen molar-refractivity contribution >= 4 is 40.5 Å². The number of halogens is 1. The highest BCUT2D eigenvalue weighted by Crippen LogP contribution is 2.34. The molecule has 3 heterocycles. The predicted molar refractivity (Wildman–Crippen MR) is 119 cm³/mol. The lowest BCUT2D eigenvalue weighted by atomic mass is 10.1. The number of ether oxygens (including phenoxy) is 2. The highest BCUT2D eigenvalue weighted by Gasteiger charge is 2.27. The summed E-state index contributed by atoms with van der Waals surface area (Å²) in [7, 11) is 0. The molecule has 1 aliphatic carbocycles. The van der Waals surface area contributed by atoms with E-state index in [4.69, 9.17) is 21.1 Å². The minimum atomic E-state index is -0.498. The van der Waals surface area contributed by atoms with Crippen LogP contribution in [-0.2, 0) is 4.74 Å². The van der Waals surface area contributed by atoms with Crippen LogP contribution in [0.5, 0.6) is 5.75 Å². The summed E-state index contributed by atoms with van der Waals surface area (Å²) in [6, 6.07) is 4.90. The molecule has 1 atom stereocenters. The van der Waals surface area contributed by atoms with Gasteiger partial charge in [-0.15, -0.1) is 0 Å². The summed E-state index contributed by atoms with van der Waals surface area (Å²) in [5, 5.41) is 4.41. The molecular formula is C21H21ClN6O4. The van der Waals surface area contributed by atoms with Crippen LogP contribution >= 0.6 is 11.6 Å². The van der Waals surface area contributed by atoms with Gasteiger partial charge in [0, 0.05) is 17.0 Å². The molecular weight excluding hydrogens is 436 g/mol. The first-order valence-corrected chi connectivity index (χ1v) is 10.7. The topological polar surface area (TPSA) is 122 Å². The summed E-state index contributed by atoms with van der Waals surface area (Å²) in [5.41, 5.74) is 0.896. The summed E-state index contributed by atoms with van der Waals surface area (Å²) in [6.07, 6.45) is 1.74. The van der Waals surface area contributed by atoms with E-state index in [-0.39, 0.29) is 30.2 Å². The molecule has 166 valence electrons. The zero-order valence-electron chi connectivity index (χ0n) is 17.5. The van der Waals surface area contributed by atoms with E-state index in [2.05, 4.69) is 25.3 Å². The molecule has 0 radical (unpaired) electrons. The van der Waals surface area contributed by atoms with Crippen molar-refractivity contribution in [3.05, 3.63) is 45.0 Å². The number of aromatic nitrogens is 4. The Labute approximate surface area is 187 Å². The number of aryl methyl sites for hydroxylation is 1. The average molecular weight is 457 g/mol. The summed E-state index contributed by atoms with van der Waals surface area (Å²) in [5.74, 6) is 1.47. The maximum atomic E-state index is 12.8. The molecule has 1 saturated carbocycles. The third-order valence-electron chi connectivity index (χ3n) is 5.29. The quantitative estimate of drug-likeness (QED) is 0.579. The van der Waals surface area contributed by atoms with Crippen molar-refractivity contribution in [1.29, 1.82) is 0 Å². The van der Waals surface area contributed by atoms with Gasteiger partial charge in [-0.3, -0.25) is 4.79 Å². The highest BCUT2D eigenvalue weighted by atomic mass is 35.5. The number of nitrogens with zero attached hydrogens (tertiary/aromatic N) is 4. The molecule has 2 aliphatic rings. The van der Waals surface area contributed by atoms with Gasteiger partial charge in [-0.2, -0.15) is 15.0 Å². The number of benzene rings is 1. The Hall–Kier alpha value is -3.40. The lowest BCUT2D eigenvalue weighted by Gasteiger charge is -2.17. The van der Waals surface area contributed by atoms with Crippen LogP contribution in [-0.4, -0.2) is 45.3 Å². The Balaban J connectivity index is 1.42. The lowest BCUT2D eigenvalue weighted by molar-refractivity contribution is 0.181. The molecule has 1 aliphatic heterocycles. The van der Waals surface area contributed by atoms with E-state index < -0.39 is 12.1 Å². The monoisotopic (exact) mass is 456 g/mol. The second-order valence-electron chi connectivity index (χ2n) is 7.88. The Bertz CT molecular complexity index is 1280. The van der Waals surface area contributed by atoms with Crippen molar-refractivity contribution in [2.75, 3.05) is 23.4 Å². The van der Waals surface area contributed by atoms with E-state index in [1.165, 1.54) is 4.90 Å². The van der Waals surface area contributed by atoms with Gasteiger partial charge in [0.25, 0.3) is 5.56 Å². The molecule has 2 fully saturated rings. The second kappa shape index (κ2) is 7.94. The number of hydrogen-bond donors (Lipinski definition) is 2. The van der Waals surface area contributed by atoms with Crippen molar-refractivity contribution in [1.82, 2.24) is 19.9 Å². The fourth-order valence-electron chi connectivity index (χ4n) is 3.50. The summed E-state index contributed by atoms with van der Waals surface area (Å²) >= 11 is 6.38. The van der Waals surface area contributed by atoms with Gasteiger partial charge in [0.1, 0.15) is 18.2 Å². The molecule has 0 bridgehead atoms. The largest absolute Gasteiger partial charge is 0.489 e. The smallest absolute Gasteiger partial charge is 0.416 e. The molecule has 3 aromatic rings. The van der Waals surface area contributed by atoms with Crippen molar-refractivity contribution in [3.8, 4) is 5.75 Å². The number of H-pyrrole nitrogens is 1. The summed E-state index contributed by atoms with van der Waals surface area (Å²) < 4.78 is 10.8. The van der Waals surface area contributed by atoms with Crippen LogP contribution in [0.4, 0.5) is 16.7 Å². The molecule has 11 heteroatoms. The number of cyclic esters (lactones) is 1. The van der Waals surface area contributed by atoms with E-state index >= 15 is 0 Å². The number of hydrogen-bond acceptors (Lipinski definition) is 8. The summed E-state index contributed by atoms with van der Waals surface area (Å²) in [4.78, 5) is 41.7. The first-order valence-electron chi connectivity index (χ1n) is 10.3. The predicted octanol–water partition coefficient (Wildman–Crippen LogP) is 3.35. The first-order chi connectivity index (χ1) is 15.4. The van der Waals surface area contributed by atoms with Gasteiger partial charge in [0.2, 0.25) is 11.9 Å². The zero-order chi connectivity index (χ0) is 22.4. The maximum absolute atomic E-state index is 12.8. The minimum absolute atomic E-state index is 0.205. The fraction of sp³-hybridized carbons (Fsp3) is 0.381. The molecule has 1 amide bonds. The molecule has 32 heavy (non-hydrogen) atoms. The van der Waals surface area contributed by atoms with Crippen LogP contribution in [0.25, 0.3) is 10.9 Å². The molecule has 0 unspecified atom stereocenters. The number of amides is 1. The molecule has 0 spiro atoms. The Morgan fingerprint density at radius 1 is 1.25 bits per heavy atom. The van der Waals surface area contributed by atoms with E-state index in [9.17, 15) is 9.59 Å². The van der Waals surface area contributed by atoms with Crippen LogP contribution in [0.3, 0.4) is 0 Å². The Morgan fingerprint density at radius 3 is 2.78 bits per heavy atom. The van der Waals surface area contributed by atoms with Crippen molar-refractivity contribution in [3.63, 3.8) is 0 Å². The van der Waals surface area contributed by atoms with Gasteiger partial charge in [0.15, 0.2) is 0 Å². The molecule has 2 N–H and O–H groups in total. The van der Waals surface area contributed by atoms with Crippen LogP contribution in [0.2, 0.25) is 5.02 Å². The number of carbonyl (C=O) groups is 1. The average Bonchev–Trinajstić information content (AvgIpc) is 3.45. The number of pyridine rings is 1. The third-order valence-corrected chi connectivity index (χ3v) is 5.59. The Morgan fingerprint density at radius 2 is 2.06 bits per heavy atom. The van der Waals surface area contributed by atoms with E-state index in [1.54, 1.807) is 25.1 Å². The fourth-order valence-corrected chi connectivity index (χ4v) is 3.72. The molecule has 5 rings (SSSR count). The van der Waals surface area contributed by atoms with Crippen LogP contribution in [0, 0.1) is 6.92 Å². The Kier molecular flexibility index (Phi) is 5.09. The number of fused-ring (bicyclic) bond motifs is 1. The number of aromatic amines is 1. The number of rotatable bonds is 6. The zero-order valence-corrected chi connectivity index (χ0v) is 18.3. The van der Waals surface area contributed by atoms with Gasteiger partial charge in [0.05, 0.1) is 29.2 Å². The second-order valence-corrected chi connectivity index (χ2v) is 8.29. The van der Waals surface area contributed by atoms with Gasteiger partial charge in [-0.1, -0.05) is 11.6 Å². The SMILES string of the molecule is Cc1nc(N[C@@H](C)c2cc3cc(Cl)c(OC4CC4)cc3[nH]c2=O)nc(N2CCOC2=O)n1. The lowest BCUT2D eigenvalue weighted by Crippen LogP contribution is -2.27. The van der Waals surface area contributed by atoms with Gasteiger partial charge < -0.3 is 19.8 Å². The van der Waals surface area contributed by atoms with E-state index in [0.29, 0.717) is 34.2 Å². The van der Waals surface area contributed by atoms with Gasteiger partial charge >= 0.3 is 6.09 Å². The maximum Gasteiger partial charge on any atom is 0.416 e. The molecule has 2 aromatic heterocycles. The highest BCUT2D eigenvalue weighted by molar-refractivity contribution is 6.32. The number of carbonyl (C=O) groups excluding carboxylic acids is 1. The van der Waals surface area contributed by atoms with Crippen LogP contribution in [0.1, 0.15) is 37.2 Å². The minimum Gasteiger partial charge on any atom is -0.489 e. The number of nitrogens with one attached hydrogen (secondary N) is 2. The first kappa shape index (κ1) is 20.5. The van der Waals surface area contributed by atoms with E-state index in [0.717, 1.165) is 18.2 Å². The third kappa shape index (κ3) is 4.05. The normalized spacial score (nSPS) is 16.8. The van der Waals surface area contributed by atoms with Crippen molar-refractivity contribution in [2.45, 2.75) is 38.8 Å².